The maximum absolute atomic E-state index is 12.4. The highest BCUT2D eigenvalue weighted by atomic mass is 127. The minimum atomic E-state index is -0.827. The smallest absolute Gasteiger partial charge is 0.160 e. The van der Waals surface area contributed by atoms with E-state index in [1.54, 1.807) is 0 Å². The molecule has 0 aromatic heterocycles. The fourth-order valence-corrected chi connectivity index (χ4v) is 1.24. The first-order valence-electron chi connectivity index (χ1n) is 2.41. The molecule has 0 fully saturated rings. The lowest BCUT2D eigenvalue weighted by Gasteiger charge is -1.95. The Morgan fingerprint density at radius 1 is 1.20 bits per heavy atom. The molecule has 10 heavy (non-hydrogen) atoms. The second-order valence-electron chi connectivity index (χ2n) is 1.68. The molecule has 1 aromatic carbocycles. The molecule has 0 spiro atoms. The quantitative estimate of drug-likeness (QED) is 0.508. The van der Waals surface area contributed by atoms with Gasteiger partial charge in [-0.2, -0.15) is 0 Å². The van der Waals surface area contributed by atoms with Crippen molar-refractivity contribution in [1.29, 1.82) is 0 Å². The molecule has 0 aliphatic rings. The Kier molecular flexibility index (Phi) is 2.62. The molecule has 0 saturated carbocycles. The first-order chi connectivity index (χ1) is 4.61. The zero-order valence-electron chi connectivity index (χ0n) is 4.67. The van der Waals surface area contributed by atoms with E-state index in [0.717, 1.165) is 12.1 Å². The van der Waals surface area contributed by atoms with Gasteiger partial charge in [0, 0.05) is 8.04 Å². The minimum absolute atomic E-state index is 0.576. The summed E-state index contributed by atoms with van der Waals surface area (Å²) in [6, 6.07) is 2.25. The highest BCUT2D eigenvalue weighted by Gasteiger charge is 2.04. The van der Waals surface area contributed by atoms with Gasteiger partial charge in [0.15, 0.2) is 11.6 Å². The van der Waals surface area contributed by atoms with Crippen LogP contribution in [0.5, 0.6) is 0 Å². The molecule has 0 aliphatic heterocycles. The van der Waals surface area contributed by atoms with Crippen LogP contribution in [0.1, 0.15) is 0 Å². The first kappa shape index (κ1) is 8.39. The summed E-state index contributed by atoms with van der Waals surface area (Å²) in [6.07, 6.45) is 0. The van der Waals surface area contributed by atoms with Gasteiger partial charge in [0.05, 0.1) is 0 Å². The standard InChI is InChI=1S/C6H2BrF2I/c7-3-1-4(8)5(9)2-6(3)10/h1-2H. The van der Waals surface area contributed by atoms with E-state index < -0.39 is 11.6 Å². The van der Waals surface area contributed by atoms with Gasteiger partial charge in [0.1, 0.15) is 0 Å². The molecule has 0 bridgehead atoms. The van der Waals surface area contributed by atoms with Crippen molar-refractivity contribution in [3.8, 4) is 0 Å². The zero-order valence-corrected chi connectivity index (χ0v) is 8.41. The van der Waals surface area contributed by atoms with Gasteiger partial charge in [-0.1, -0.05) is 0 Å². The van der Waals surface area contributed by atoms with E-state index in [2.05, 4.69) is 15.9 Å². The summed E-state index contributed by atoms with van der Waals surface area (Å²) in [5.41, 5.74) is 0. The number of rotatable bonds is 0. The Labute approximate surface area is 78.9 Å². The van der Waals surface area contributed by atoms with Crippen molar-refractivity contribution in [2.45, 2.75) is 0 Å². The molecule has 0 amide bonds. The lowest BCUT2D eigenvalue weighted by molar-refractivity contribution is 0.507. The van der Waals surface area contributed by atoms with Crippen LogP contribution >= 0.6 is 38.5 Å². The maximum Gasteiger partial charge on any atom is 0.160 e. The summed E-state index contributed by atoms with van der Waals surface area (Å²) in [5.74, 6) is -1.64. The van der Waals surface area contributed by atoms with E-state index in [9.17, 15) is 8.78 Å². The van der Waals surface area contributed by atoms with Crippen molar-refractivity contribution >= 4 is 38.5 Å². The largest absolute Gasteiger partial charge is 0.204 e. The van der Waals surface area contributed by atoms with Crippen LogP contribution in [-0.4, -0.2) is 0 Å². The van der Waals surface area contributed by atoms with Crippen LogP contribution in [0.4, 0.5) is 8.78 Å². The molecular weight excluding hydrogens is 317 g/mol. The molecular formula is C6H2BrF2I. The average molecular weight is 319 g/mol. The molecule has 0 atom stereocenters. The number of hydrogen-bond acceptors (Lipinski definition) is 0. The SMILES string of the molecule is Fc1cc(Br)c(I)cc1F. The van der Waals surface area contributed by atoms with Gasteiger partial charge in [-0.05, 0) is 50.7 Å². The normalized spacial score (nSPS) is 10.0. The van der Waals surface area contributed by atoms with E-state index >= 15 is 0 Å². The van der Waals surface area contributed by atoms with Crippen molar-refractivity contribution < 1.29 is 8.78 Å². The van der Waals surface area contributed by atoms with Crippen molar-refractivity contribution in [2.75, 3.05) is 0 Å². The lowest BCUT2D eigenvalue weighted by atomic mass is 10.3. The minimum Gasteiger partial charge on any atom is -0.204 e. The van der Waals surface area contributed by atoms with Crippen LogP contribution in [0.25, 0.3) is 0 Å². The molecule has 0 N–H and O–H groups in total. The van der Waals surface area contributed by atoms with Crippen LogP contribution in [0.3, 0.4) is 0 Å². The second kappa shape index (κ2) is 3.13. The van der Waals surface area contributed by atoms with Gasteiger partial charge in [-0.25, -0.2) is 8.78 Å². The van der Waals surface area contributed by atoms with Crippen LogP contribution in [0.2, 0.25) is 0 Å². The summed E-state index contributed by atoms with van der Waals surface area (Å²) >= 11 is 4.98. The van der Waals surface area contributed by atoms with Gasteiger partial charge in [0.2, 0.25) is 0 Å². The third kappa shape index (κ3) is 1.66. The molecule has 0 radical (unpaired) electrons. The Balaban J connectivity index is 3.28. The third-order valence-corrected chi connectivity index (χ3v) is 3.25. The maximum atomic E-state index is 12.4. The van der Waals surface area contributed by atoms with Gasteiger partial charge in [0.25, 0.3) is 0 Å². The van der Waals surface area contributed by atoms with E-state index in [1.165, 1.54) is 0 Å². The van der Waals surface area contributed by atoms with E-state index in [-0.39, 0.29) is 0 Å². The number of halogens is 4. The van der Waals surface area contributed by atoms with Gasteiger partial charge >= 0.3 is 0 Å². The Hall–Kier alpha value is 0.290. The fraction of sp³-hybridized carbons (Fsp3) is 0. The van der Waals surface area contributed by atoms with Gasteiger partial charge in [-0.3, -0.25) is 0 Å². The van der Waals surface area contributed by atoms with E-state index in [1.807, 2.05) is 22.6 Å². The highest BCUT2D eigenvalue weighted by Crippen LogP contribution is 2.21. The topological polar surface area (TPSA) is 0 Å². The molecule has 0 aliphatic carbocycles. The van der Waals surface area contributed by atoms with Crippen LogP contribution < -0.4 is 0 Å². The summed E-state index contributed by atoms with van der Waals surface area (Å²) in [7, 11) is 0. The average Bonchev–Trinajstić information content (AvgIpc) is 1.84. The summed E-state index contributed by atoms with van der Waals surface area (Å²) in [5, 5.41) is 0. The molecule has 1 aromatic rings. The number of hydrogen-bond donors (Lipinski definition) is 0. The van der Waals surface area contributed by atoms with Gasteiger partial charge in [-0.15, -0.1) is 0 Å². The van der Waals surface area contributed by atoms with Crippen molar-refractivity contribution in [1.82, 2.24) is 0 Å². The monoisotopic (exact) mass is 318 g/mol. The molecule has 0 nitrogen and oxygen atoms in total. The Morgan fingerprint density at radius 3 is 2.20 bits per heavy atom. The molecule has 0 heterocycles. The molecule has 0 saturated heterocycles. The Morgan fingerprint density at radius 2 is 1.70 bits per heavy atom. The van der Waals surface area contributed by atoms with E-state index in [0.29, 0.717) is 8.04 Å². The highest BCUT2D eigenvalue weighted by molar-refractivity contribution is 14.1. The van der Waals surface area contributed by atoms with Gasteiger partial charge < -0.3 is 0 Å². The van der Waals surface area contributed by atoms with Crippen molar-refractivity contribution in [3.05, 3.63) is 31.8 Å². The zero-order chi connectivity index (χ0) is 7.72. The molecule has 54 valence electrons. The molecule has 4 heteroatoms. The predicted molar refractivity (Wildman–Crippen MR) is 46.8 cm³/mol. The Bertz CT molecular complexity index is 212. The van der Waals surface area contributed by atoms with Crippen LogP contribution in [0, 0.1) is 15.2 Å². The van der Waals surface area contributed by atoms with Crippen LogP contribution in [0.15, 0.2) is 16.6 Å². The first-order valence-corrected chi connectivity index (χ1v) is 4.28. The van der Waals surface area contributed by atoms with Crippen molar-refractivity contribution in [3.63, 3.8) is 0 Å². The lowest BCUT2D eigenvalue weighted by Crippen LogP contribution is -1.85. The molecule has 1 rings (SSSR count). The van der Waals surface area contributed by atoms with E-state index in [4.69, 9.17) is 0 Å². The number of benzene rings is 1. The second-order valence-corrected chi connectivity index (χ2v) is 3.70. The molecule has 0 unspecified atom stereocenters. The summed E-state index contributed by atoms with van der Waals surface area (Å²) in [6.45, 7) is 0. The predicted octanol–water partition coefficient (Wildman–Crippen LogP) is 3.33. The third-order valence-electron chi connectivity index (χ3n) is 0.963. The summed E-state index contributed by atoms with van der Waals surface area (Å²) < 4.78 is 25.9. The fourth-order valence-electron chi connectivity index (χ4n) is 0.498. The van der Waals surface area contributed by atoms with Crippen molar-refractivity contribution in [2.24, 2.45) is 0 Å². The van der Waals surface area contributed by atoms with Crippen LogP contribution in [-0.2, 0) is 0 Å². The summed E-state index contributed by atoms with van der Waals surface area (Å²) in [4.78, 5) is 0.